The molecule has 0 fully saturated rings. The molecule has 2 aromatic rings. The number of hydrogen-bond donors (Lipinski definition) is 1. The molecule has 0 saturated carbocycles. The summed E-state index contributed by atoms with van der Waals surface area (Å²) in [6.45, 7) is 6.96. The van der Waals surface area contributed by atoms with E-state index in [2.05, 4.69) is 5.32 Å². The predicted octanol–water partition coefficient (Wildman–Crippen LogP) is 3.97. The number of rotatable bonds is 16. The maximum atomic E-state index is 13.5. The Kier molecular flexibility index (Phi) is 12.4. The molecule has 2 amide bonds. The standard InChI is InChI=1S/C28H41N3O6S/c1-6-19-29-28(33)24(7-2)30(21-22-15-17-23(36-4)18-16-22)27(32)14-11-20-31(38(5,34)35)25-12-9-10-13-26(25)37-8-3/h9-10,12-13,15-18,24H,6-8,11,14,19-21H2,1-5H3,(H,29,33)/t24-/m1/s1. The third-order valence-electron chi connectivity index (χ3n) is 6.03. The second-order valence-corrected chi connectivity index (χ2v) is 10.8. The van der Waals surface area contributed by atoms with Crippen molar-refractivity contribution in [3.05, 3.63) is 54.1 Å². The van der Waals surface area contributed by atoms with E-state index in [0.717, 1.165) is 18.2 Å². The number of methoxy groups -OCH3 is 1. The van der Waals surface area contributed by atoms with Crippen molar-refractivity contribution in [2.24, 2.45) is 0 Å². The fourth-order valence-electron chi connectivity index (χ4n) is 4.14. The molecule has 0 aliphatic rings. The minimum Gasteiger partial charge on any atom is -0.497 e. The number of sulfonamides is 1. The number of anilines is 1. The second kappa shape index (κ2) is 15.2. The maximum Gasteiger partial charge on any atom is 0.242 e. The normalized spacial score (nSPS) is 11.9. The van der Waals surface area contributed by atoms with E-state index in [9.17, 15) is 18.0 Å². The van der Waals surface area contributed by atoms with Gasteiger partial charge in [-0.2, -0.15) is 0 Å². The smallest absolute Gasteiger partial charge is 0.242 e. The molecule has 9 nitrogen and oxygen atoms in total. The van der Waals surface area contributed by atoms with Crippen LogP contribution in [-0.2, 0) is 26.2 Å². The zero-order valence-electron chi connectivity index (χ0n) is 23.1. The van der Waals surface area contributed by atoms with Gasteiger partial charge in [0.15, 0.2) is 0 Å². The molecule has 0 aliphatic carbocycles. The van der Waals surface area contributed by atoms with Gasteiger partial charge in [-0.15, -0.1) is 0 Å². The average Bonchev–Trinajstić information content (AvgIpc) is 2.90. The summed E-state index contributed by atoms with van der Waals surface area (Å²) in [4.78, 5) is 28.0. The molecule has 1 atom stereocenters. The Labute approximate surface area is 227 Å². The molecule has 38 heavy (non-hydrogen) atoms. The van der Waals surface area contributed by atoms with Gasteiger partial charge in [0.1, 0.15) is 17.5 Å². The van der Waals surface area contributed by atoms with Crippen molar-refractivity contribution in [3.63, 3.8) is 0 Å². The first-order chi connectivity index (χ1) is 18.2. The zero-order valence-corrected chi connectivity index (χ0v) is 23.9. The molecule has 2 aromatic carbocycles. The van der Waals surface area contributed by atoms with Gasteiger partial charge in [-0.25, -0.2) is 8.42 Å². The Hall–Kier alpha value is -3.27. The maximum absolute atomic E-state index is 13.5. The van der Waals surface area contributed by atoms with Gasteiger partial charge in [0, 0.05) is 26.1 Å². The van der Waals surface area contributed by atoms with Crippen LogP contribution in [0.25, 0.3) is 0 Å². The first-order valence-corrected chi connectivity index (χ1v) is 14.9. The lowest BCUT2D eigenvalue weighted by atomic mass is 10.1. The monoisotopic (exact) mass is 547 g/mol. The van der Waals surface area contributed by atoms with Gasteiger partial charge in [0.25, 0.3) is 0 Å². The zero-order chi connectivity index (χ0) is 28.1. The number of amides is 2. The molecule has 1 N–H and O–H groups in total. The molecule has 0 aromatic heterocycles. The van der Waals surface area contributed by atoms with Gasteiger partial charge in [0.05, 0.1) is 25.7 Å². The third-order valence-corrected chi connectivity index (χ3v) is 7.21. The lowest BCUT2D eigenvalue weighted by molar-refractivity contribution is -0.141. The fourth-order valence-corrected chi connectivity index (χ4v) is 5.11. The SMILES string of the molecule is CCCNC(=O)[C@@H](CC)N(Cc1ccc(OC)cc1)C(=O)CCCN(c1ccccc1OCC)S(C)(=O)=O. The number of benzene rings is 2. The molecule has 0 heterocycles. The first-order valence-electron chi connectivity index (χ1n) is 13.1. The summed E-state index contributed by atoms with van der Waals surface area (Å²) >= 11 is 0. The van der Waals surface area contributed by atoms with Crippen LogP contribution < -0.4 is 19.1 Å². The highest BCUT2D eigenvalue weighted by molar-refractivity contribution is 7.92. The second-order valence-electron chi connectivity index (χ2n) is 8.92. The van der Waals surface area contributed by atoms with Gasteiger partial charge < -0.3 is 19.7 Å². The minimum atomic E-state index is -3.62. The van der Waals surface area contributed by atoms with Crippen LogP contribution in [0, 0.1) is 0 Å². The highest BCUT2D eigenvalue weighted by Gasteiger charge is 2.29. The van der Waals surface area contributed by atoms with Crippen LogP contribution in [0.1, 0.15) is 52.0 Å². The van der Waals surface area contributed by atoms with Crippen molar-refractivity contribution < 1.29 is 27.5 Å². The van der Waals surface area contributed by atoms with E-state index in [1.54, 1.807) is 36.3 Å². The van der Waals surface area contributed by atoms with Crippen molar-refractivity contribution in [1.29, 1.82) is 0 Å². The Morgan fingerprint density at radius 3 is 2.29 bits per heavy atom. The quantitative estimate of drug-likeness (QED) is 0.341. The van der Waals surface area contributed by atoms with E-state index in [0.29, 0.717) is 36.8 Å². The van der Waals surface area contributed by atoms with Crippen LogP contribution in [-0.4, -0.2) is 64.2 Å². The Balaban J connectivity index is 2.24. The highest BCUT2D eigenvalue weighted by atomic mass is 32.2. The van der Waals surface area contributed by atoms with Crippen LogP contribution in [0.4, 0.5) is 5.69 Å². The van der Waals surface area contributed by atoms with E-state index >= 15 is 0 Å². The Morgan fingerprint density at radius 2 is 1.71 bits per heavy atom. The molecule has 2 rings (SSSR count). The molecular formula is C28H41N3O6S. The summed E-state index contributed by atoms with van der Waals surface area (Å²) in [6.07, 6.45) is 2.74. The Morgan fingerprint density at radius 1 is 1.03 bits per heavy atom. The average molecular weight is 548 g/mol. The highest BCUT2D eigenvalue weighted by Crippen LogP contribution is 2.30. The number of ether oxygens (including phenoxy) is 2. The topological polar surface area (TPSA) is 105 Å². The number of hydrogen-bond acceptors (Lipinski definition) is 6. The van der Waals surface area contributed by atoms with E-state index in [-0.39, 0.29) is 37.7 Å². The van der Waals surface area contributed by atoms with Crippen molar-refractivity contribution in [3.8, 4) is 11.5 Å². The van der Waals surface area contributed by atoms with Gasteiger partial charge in [-0.1, -0.05) is 38.1 Å². The van der Waals surface area contributed by atoms with Crippen molar-refractivity contribution in [1.82, 2.24) is 10.2 Å². The Bertz CT molecular complexity index is 1140. The van der Waals surface area contributed by atoms with Gasteiger partial charge in [-0.05, 0) is 56.0 Å². The summed E-state index contributed by atoms with van der Waals surface area (Å²) in [5.41, 5.74) is 1.30. The van der Waals surface area contributed by atoms with Crippen molar-refractivity contribution >= 4 is 27.5 Å². The lowest BCUT2D eigenvalue weighted by Crippen LogP contribution is -2.49. The third kappa shape index (κ3) is 8.93. The molecule has 0 saturated heterocycles. The summed E-state index contributed by atoms with van der Waals surface area (Å²) < 4.78 is 37.4. The molecule has 0 aliphatic heterocycles. The van der Waals surface area contributed by atoms with E-state index in [1.807, 2.05) is 45.0 Å². The summed E-state index contributed by atoms with van der Waals surface area (Å²) in [7, 11) is -2.04. The molecule has 0 unspecified atom stereocenters. The van der Waals surface area contributed by atoms with Gasteiger partial charge >= 0.3 is 0 Å². The number of para-hydroxylation sites is 2. The van der Waals surface area contributed by atoms with Crippen molar-refractivity contribution in [2.75, 3.05) is 37.4 Å². The van der Waals surface area contributed by atoms with Crippen molar-refractivity contribution in [2.45, 2.75) is 59.0 Å². The molecule has 210 valence electrons. The molecular weight excluding hydrogens is 506 g/mol. The fraction of sp³-hybridized carbons (Fsp3) is 0.500. The van der Waals surface area contributed by atoms with E-state index in [1.165, 1.54) is 4.31 Å². The van der Waals surface area contributed by atoms with Crippen LogP contribution in [0.3, 0.4) is 0 Å². The molecule has 0 bridgehead atoms. The van der Waals surface area contributed by atoms with Crippen LogP contribution in [0.5, 0.6) is 11.5 Å². The molecule has 0 radical (unpaired) electrons. The minimum absolute atomic E-state index is 0.0799. The van der Waals surface area contributed by atoms with Crippen LogP contribution in [0.2, 0.25) is 0 Å². The van der Waals surface area contributed by atoms with E-state index < -0.39 is 16.1 Å². The van der Waals surface area contributed by atoms with Gasteiger partial charge in [-0.3, -0.25) is 13.9 Å². The lowest BCUT2D eigenvalue weighted by Gasteiger charge is -2.31. The molecule has 0 spiro atoms. The van der Waals surface area contributed by atoms with Crippen LogP contribution >= 0.6 is 0 Å². The van der Waals surface area contributed by atoms with Gasteiger partial charge in [0.2, 0.25) is 21.8 Å². The summed E-state index contributed by atoms with van der Waals surface area (Å²) in [6, 6.07) is 13.7. The first kappa shape index (κ1) is 31.0. The number of carbonyl (C=O) groups excluding carboxylic acids is 2. The number of carbonyl (C=O) groups is 2. The molecule has 10 heteroatoms. The predicted molar refractivity (Wildman–Crippen MR) is 150 cm³/mol. The number of nitrogens with zero attached hydrogens (tertiary/aromatic N) is 2. The van der Waals surface area contributed by atoms with Crippen LogP contribution in [0.15, 0.2) is 48.5 Å². The largest absolute Gasteiger partial charge is 0.497 e. The van der Waals surface area contributed by atoms with E-state index in [4.69, 9.17) is 9.47 Å². The summed E-state index contributed by atoms with van der Waals surface area (Å²) in [5, 5.41) is 2.90. The number of nitrogens with one attached hydrogen (secondary N) is 1. The summed E-state index contributed by atoms with van der Waals surface area (Å²) in [5.74, 6) is 0.754.